The van der Waals surface area contributed by atoms with Gasteiger partial charge in [0.15, 0.2) is 0 Å². The van der Waals surface area contributed by atoms with Crippen molar-refractivity contribution in [3.05, 3.63) is 62.0 Å². The first-order chi connectivity index (χ1) is 15.2. The molecule has 6 nitrogen and oxygen atoms in total. The van der Waals surface area contributed by atoms with E-state index in [0.29, 0.717) is 28.2 Å². The van der Waals surface area contributed by atoms with Crippen LogP contribution < -0.4 is 15.8 Å². The highest BCUT2D eigenvalue weighted by Crippen LogP contribution is 2.34. The molecule has 1 heterocycles. The number of amides is 1. The molecule has 0 radical (unpaired) electrons. The van der Waals surface area contributed by atoms with Gasteiger partial charge in [-0.25, -0.2) is 0 Å². The maximum absolute atomic E-state index is 13.1. The smallest absolute Gasteiger partial charge is 0.253 e. The van der Waals surface area contributed by atoms with Crippen molar-refractivity contribution in [2.75, 3.05) is 25.5 Å². The van der Waals surface area contributed by atoms with E-state index >= 15 is 0 Å². The molecule has 7 heteroatoms. The Kier molecular flexibility index (Phi) is 8.01. The summed E-state index contributed by atoms with van der Waals surface area (Å²) in [6.45, 7) is 7.04. The highest BCUT2D eigenvalue weighted by Gasteiger charge is 2.28. The van der Waals surface area contributed by atoms with Crippen LogP contribution in [0.3, 0.4) is 0 Å². The lowest BCUT2D eigenvalue weighted by Crippen LogP contribution is -2.42. The van der Waals surface area contributed by atoms with Crippen molar-refractivity contribution in [3.63, 3.8) is 0 Å². The molecule has 174 valence electrons. The Balaban J connectivity index is 1.81. The van der Waals surface area contributed by atoms with Gasteiger partial charge in [0.25, 0.3) is 11.5 Å². The SMILES string of the molecule is CCN(c1cc(Cl)cc(C(=O)NCc2c(C)cc[nH]c2=O)c1C)[C@H]1CC[C@H](N(C)C)CC1. The van der Waals surface area contributed by atoms with Crippen molar-refractivity contribution >= 4 is 23.2 Å². The van der Waals surface area contributed by atoms with Gasteiger partial charge in [0.2, 0.25) is 0 Å². The lowest BCUT2D eigenvalue weighted by atomic mass is 9.89. The van der Waals surface area contributed by atoms with Crippen LogP contribution in [-0.4, -0.2) is 48.5 Å². The number of aryl methyl sites for hydroxylation is 1. The highest BCUT2D eigenvalue weighted by atomic mass is 35.5. The molecule has 0 unspecified atom stereocenters. The second-order valence-corrected chi connectivity index (χ2v) is 9.40. The minimum Gasteiger partial charge on any atom is -0.369 e. The van der Waals surface area contributed by atoms with Crippen LogP contribution in [0.4, 0.5) is 5.69 Å². The monoisotopic (exact) mass is 458 g/mol. The zero-order valence-electron chi connectivity index (χ0n) is 19.8. The predicted molar refractivity (Wildman–Crippen MR) is 132 cm³/mol. The first-order valence-corrected chi connectivity index (χ1v) is 11.8. The maximum Gasteiger partial charge on any atom is 0.253 e. The van der Waals surface area contributed by atoms with Gasteiger partial charge in [-0.05, 0) is 89.9 Å². The summed E-state index contributed by atoms with van der Waals surface area (Å²) >= 11 is 6.47. The Labute approximate surface area is 196 Å². The molecule has 3 rings (SSSR count). The minimum atomic E-state index is -0.221. The number of carbonyl (C=O) groups excluding carboxylic acids is 1. The number of hydrogen-bond donors (Lipinski definition) is 2. The summed E-state index contributed by atoms with van der Waals surface area (Å²) in [4.78, 5) is 32.5. The zero-order valence-corrected chi connectivity index (χ0v) is 20.6. The Morgan fingerprint density at radius 2 is 1.81 bits per heavy atom. The fourth-order valence-electron chi connectivity index (χ4n) is 4.80. The van der Waals surface area contributed by atoms with Crippen molar-refractivity contribution in [2.24, 2.45) is 0 Å². The number of nitrogens with zero attached hydrogens (tertiary/aromatic N) is 2. The maximum atomic E-state index is 13.1. The van der Waals surface area contributed by atoms with Crippen LogP contribution in [0.15, 0.2) is 29.2 Å². The van der Waals surface area contributed by atoms with E-state index in [9.17, 15) is 9.59 Å². The fourth-order valence-corrected chi connectivity index (χ4v) is 5.02. The molecule has 0 spiro atoms. The number of carbonyl (C=O) groups is 1. The molecule has 1 amide bonds. The second kappa shape index (κ2) is 10.5. The van der Waals surface area contributed by atoms with Crippen molar-refractivity contribution in [1.29, 1.82) is 0 Å². The molecule has 1 fully saturated rings. The third-order valence-electron chi connectivity index (χ3n) is 6.80. The molecular weight excluding hydrogens is 424 g/mol. The standard InChI is InChI=1S/C25H35ClN4O2/c1-6-30(20-9-7-19(8-10-20)29(4)5)23-14-18(26)13-21(17(23)3)24(31)28-15-22-16(2)11-12-27-25(22)32/h11-14,19-20H,6-10,15H2,1-5H3,(H,27,32)(H,28,31)/t19-,20-. The average Bonchev–Trinajstić information content (AvgIpc) is 2.76. The summed E-state index contributed by atoms with van der Waals surface area (Å²) in [5.74, 6) is -0.221. The van der Waals surface area contributed by atoms with Crippen molar-refractivity contribution in [3.8, 4) is 0 Å². The van der Waals surface area contributed by atoms with Crippen LogP contribution in [0.25, 0.3) is 0 Å². The Morgan fingerprint density at radius 3 is 2.41 bits per heavy atom. The van der Waals surface area contributed by atoms with Crippen LogP contribution >= 0.6 is 11.6 Å². The lowest BCUT2D eigenvalue weighted by molar-refractivity contribution is 0.0950. The summed E-state index contributed by atoms with van der Waals surface area (Å²) in [7, 11) is 4.30. The molecule has 0 aliphatic heterocycles. The van der Waals surface area contributed by atoms with Gasteiger partial charge >= 0.3 is 0 Å². The van der Waals surface area contributed by atoms with E-state index in [-0.39, 0.29) is 18.0 Å². The van der Waals surface area contributed by atoms with Gasteiger partial charge in [0.05, 0.1) is 0 Å². The average molecular weight is 459 g/mol. The van der Waals surface area contributed by atoms with Gasteiger partial charge in [0, 0.05) is 53.2 Å². The molecular formula is C25H35ClN4O2. The van der Waals surface area contributed by atoms with Gasteiger partial charge in [-0.1, -0.05) is 11.6 Å². The summed E-state index contributed by atoms with van der Waals surface area (Å²) in [6, 6.07) is 6.59. The Morgan fingerprint density at radius 1 is 1.16 bits per heavy atom. The van der Waals surface area contributed by atoms with E-state index in [4.69, 9.17) is 11.6 Å². The summed E-state index contributed by atoms with van der Waals surface area (Å²) in [5.41, 5.74) is 3.73. The molecule has 0 bridgehead atoms. The number of aromatic nitrogens is 1. The number of rotatable bonds is 7. The molecule has 0 atom stereocenters. The predicted octanol–water partition coefficient (Wildman–Crippen LogP) is 4.27. The van der Waals surface area contributed by atoms with Gasteiger partial charge in [-0.2, -0.15) is 0 Å². The van der Waals surface area contributed by atoms with Crippen molar-refractivity contribution in [1.82, 2.24) is 15.2 Å². The summed E-state index contributed by atoms with van der Waals surface area (Å²) in [5, 5.41) is 3.45. The first-order valence-electron chi connectivity index (χ1n) is 11.4. The fraction of sp³-hybridized carbons (Fsp3) is 0.520. The molecule has 2 aromatic rings. The number of benzene rings is 1. The van der Waals surface area contributed by atoms with E-state index < -0.39 is 0 Å². The third-order valence-corrected chi connectivity index (χ3v) is 7.02. The van der Waals surface area contributed by atoms with Crippen LogP contribution in [-0.2, 0) is 6.54 Å². The number of halogens is 1. The molecule has 1 aromatic carbocycles. The number of aromatic amines is 1. The molecule has 2 N–H and O–H groups in total. The quantitative estimate of drug-likeness (QED) is 0.650. The number of anilines is 1. The molecule has 1 aliphatic rings. The molecule has 1 aromatic heterocycles. The normalized spacial score (nSPS) is 18.6. The van der Waals surface area contributed by atoms with Gasteiger partial charge < -0.3 is 20.1 Å². The lowest BCUT2D eigenvalue weighted by Gasteiger charge is -2.40. The number of pyridine rings is 1. The molecule has 32 heavy (non-hydrogen) atoms. The summed E-state index contributed by atoms with van der Waals surface area (Å²) in [6.07, 6.45) is 6.21. The molecule has 1 aliphatic carbocycles. The topological polar surface area (TPSA) is 68.4 Å². The Hall–Kier alpha value is -2.31. The first kappa shape index (κ1) is 24.3. The van der Waals surface area contributed by atoms with Crippen molar-refractivity contribution in [2.45, 2.75) is 65.1 Å². The van der Waals surface area contributed by atoms with Crippen LogP contribution in [0.2, 0.25) is 5.02 Å². The van der Waals surface area contributed by atoms with Crippen LogP contribution in [0.1, 0.15) is 59.7 Å². The minimum absolute atomic E-state index is 0.175. The van der Waals surface area contributed by atoms with Gasteiger partial charge in [-0.3, -0.25) is 9.59 Å². The van der Waals surface area contributed by atoms with Gasteiger partial charge in [-0.15, -0.1) is 0 Å². The van der Waals surface area contributed by atoms with E-state index in [0.717, 1.165) is 36.2 Å². The zero-order chi connectivity index (χ0) is 23.4. The van der Waals surface area contributed by atoms with E-state index in [1.54, 1.807) is 12.3 Å². The number of nitrogens with one attached hydrogen (secondary N) is 2. The number of hydrogen-bond acceptors (Lipinski definition) is 4. The Bertz CT molecular complexity index is 1010. The molecule has 1 saturated carbocycles. The van der Waals surface area contributed by atoms with Crippen molar-refractivity contribution < 1.29 is 4.79 Å². The van der Waals surface area contributed by atoms with E-state index in [1.807, 2.05) is 26.0 Å². The summed E-state index contributed by atoms with van der Waals surface area (Å²) < 4.78 is 0. The molecule has 0 saturated heterocycles. The van der Waals surface area contributed by atoms with Crippen LogP contribution in [0.5, 0.6) is 0 Å². The number of H-pyrrole nitrogens is 1. The third kappa shape index (κ3) is 5.36. The van der Waals surface area contributed by atoms with E-state index in [2.05, 4.69) is 41.1 Å². The van der Waals surface area contributed by atoms with Crippen LogP contribution in [0, 0.1) is 13.8 Å². The highest BCUT2D eigenvalue weighted by molar-refractivity contribution is 6.31. The largest absolute Gasteiger partial charge is 0.369 e. The van der Waals surface area contributed by atoms with E-state index in [1.165, 1.54) is 12.8 Å². The second-order valence-electron chi connectivity index (χ2n) is 8.96. The van der Waals surface area contributed by atoms with Gasteiger partial charge in [0.1, 0.15) is 0 Å².